The normalized spacial score (nSPS) is 12.6. The Kier molecular flexibility index (Phi) is 4.88. The molecule has 0 fully saturated rings. The van der Waals surface area contributed by atoms with Gasteiger partial charge in [0.1, 0.15) is 9.71 Å². The van der Waals surface area contributed by atoms with Gasteiger partial charge >= 0.3 is 0 Å². The van der Waals surface area contributed by atoms with E-state index in [9.17, 15) is 4.79 Å². The number of aryl methyl sites for hydroxylation is 1. The van der Waals surface area contributed by atoms with Crippen LogP contribution in [0.15, 0.2) is 12.1 Å². The standard InChI is InChI=1S/C14H19N3OS2/c1-8-4-5-10-11(15)12(20-14(10)17-8)13(18)16-7-6-9(2)19-3/h4-5,9H,6-7,15H2,1-3H3,(H,16,18). The SMILES string of the molecule is CSC(C)CCNC(=O)c1sc2nc(C)ccc2c1N. The average Bonchev–Trinajstić information content (AvgIpc) is 2.75. The fourth-order valence-electron chi connectivity index (χ4n) is 1.85. The molecule has 0 aliphatic rings. The van der Waals surface area contributed by atoms with Gasteiger partial charge in [0.25, 0.3) is 5.91 Å². The van der Waals surface area contributed by atoms with Gasteiger partial charge in [0.2, 0.25) is 0 Å². The smallest absolute Gasteiger partial charge is 0.263 e. The van der Waals surface area contributed by atoms with E-state index in [-0.39, 0.29) is 5.91 Å². The van der Waals surface area contributed by atoms with Crippen LogP contribution in [0.2, 0.25) is 0 Å². The van der Waals surface area contributed by atoms with Gasteiger partial charge < -0.3 is 11.1 Å². The highest BCUT2D eigenvalue weighted by molar-refractivity contribution is 7.99. The van der Waals surface area contributed by atoms with E-state index in [1.54, 1.807) is 11.8 Å². The highest BCUT2D eigenvalue weighted by atomic mass is 32.2. The summed E-state index contributed by atoms with van der Waals surface area (Å²) < 4.78 is 0. The van der Waals surface area contributed by atoms with Gasteiger partial charge in [-0.05, 0) is 31.7 Å². The third kappa shape index (κ3) is 3.24. The van der Waals surface area contributed by atoms with Gasteiger partial charge in [0, 0.05) is 22.9 Å². The first kappa shape index (κ1) is 15.1. The number of pyridine rings is 1. The van der Waals surface area contributed by atoms with E-state index in [0.29, 0.717) is 22.4 Å². The second-order valence-electron chi connectivity index (χ2n) is 4.74. The molecule has 0 saturated heterocycles. The molecule has 0 spiro atoms. The number of amides is 1. The molecule has 2 heterocycles. The van der Waals surface area contributed by atoms with Crippen molar-refractivity contribution in [2.24, 2.45) is 0 Å². The Morgan fingerprint density at radius 3 is 3.00 bits per heavy atom. The van der Waals surface area contributed by atoms with Crippen molar-refractivity contribution in [3.63, 3.8) is 0 Å². The van der Waals surface area contributed by atoms with Crippen LogP contribution < -0.4 is 11.1 Å². The summed E-state index contributed by atoms with van der Waals surface area (Å²) in [6, 6.07) is 3.84. The minimum Gasteiger partial charge on any atom is -0.397 e. The number of hydrogen-bond donors (Lipinski definition) is 2. The largest absolute Gasteiger partial charge is 0.397 e. The number of carbonyl (C=O) groups is 1. The maximum Gasteiger partial charge on any atom is 0.263 e. The summed E-state index contributed by atoms with van der Waals surface area (Å²) in [5, 5.41) is 4.34. The minimum absolute atomic E-state index is 0.101. The van der Waals surface area contributed by atoms with Crippen LogP contribution in [0.4, 0.5) is 5.69 Å². The first-order chi connectivity index (χ1) is 9.52. The molecule has 0 saturated carbocycles. The maximum absolute atomic E-state index is 12.2. The lowest BCUT2D eigenvalue weighted by Gasteiger charge is -2.08. The molecule has 108 valence electrons. The highest BCUT2D eigenvalue weighted by Gasteiger charge is 2.17. The first-order valence-corrected chi connectivity index (χ1v) is 8.60. The number of nitrogens with two attached hydrogens (primary N) is 1. The minimum atomic E-state index is -0.101. The van der Waals surface area contributed by atoms with Gasteiger partial charge in [0.05, 0.1) is 5.69 Å². The molecule has 20 heavy (non-hydrogen) atoms. The lowest BCUT2D eigenvalue weighted by molar-refractivity contribution is 0.0958. The summed E-state index contributed by atoms with van der Waals surface area (Å²) in [5.74, 6) is -0.101. The third-order valence-electron chi connectivity index (χ3n) is 3.18. The number of aromatic nitrogens is 1. The van der Waals surface area contributed by atoms with Crippen LogP contribution in [0.3, 0.4) is 0 Å². The molecular formula is C14H19N3OS2. The number of nitrogens with zero attached hydrogens (tertiary/aromatic N) is 1. The van der Waals surface area contributed by atoms with Crippen LogP contribution in [-0.4, -0.2) is 28.9 Å². The molecule has 2 rings (SSSR count). The van der Waals surface area contributed by atoms with Gasteiger partial charge in [-0.15, -0.1) is 11.3 Å². The number of thioether (sulfide) groups is 1. The molecule has 1 unspecified atom stereocenters. The van der Waals surface area contributed by atoms with E-state index < -0.39 is 0 Å². The number of fused-ring (bicyclic) bond motifs is 1. The molecule has 0 aromatic carbocycles. The van der Waals surface area contributed by atoms with Crippen molar-refractivity contribution in [3.8, 4) is 0 Å². The van der Waals surface area contributed by atoms with Crippen LogP contribution >= 0.6 is 23.1 Å². The number of rotatable bonds is 5. The quantitative estimate of drug-likeness (QED) is 0.890. The number of nitrogens with one attached hydrogen (secondary N) is 1. The van der Waals surface area contributed by atoms with Crippen LogP contribution in [0.25, 0.3) is 10.2 Å². The summed E-state index contributed by atoms with van der Waals surface area (Å²) in [5.41, 5.74) is 7.52. The molecule has 0 bridgehead atoms. The number of anilines is 1. The lowest BCUT2D eigenvalue weighted by atomic mass is 10.2. The molecule has 1 atom stereocenters. The Balaban J connectivity index is 2.12. The second kappa shape index (κ2) is 6.45. The molecule has 3 N–H and O–H groups in total. The van der Waals surface area contributed by atoms with Crippen molar-refractivity contribution in [2.75, 3.05) is 18.5 Å². The summed E-state index contributed by atoms with van der Waals surface area (Å²) in [6.07, 6.45) is 3.03. The van der Waals surface area contributed by atoms with Crippen molar-refractivity contribution >= 4 is 44.9 Å². The predicted molar refractivity (Wildman–Crippen MR) is 88.7 cm³/mol. The van der Waals surface area contributed by atoms with Crippen LogP contribution in [0.5, 0.6) is 0 Å². The van der Waals surface area contributed by atoms with Crippen LogP contribution in [0.1, 0.15) is 28.7 Å². The number of nitrogen functional groups attached to an aromatic ring is 1. The Hall–Kier alpha value is -1.27. The summed E-state index contributed by atoms with van der Waals surface area (Å²) in [4.78, 5) is 18.0. The summed E-state index contributed by atoms with van der Waals surface area (Å²) >= 11 is 3.15. The molecule has 6 heteroatoms. The summed E-state index contributed by atoms with van der Waals surface area (Å²) in [6.45, 7) is 4.75. The molecule has 1 amide bonds. The van der Waals surface area contributed by atoms with E-state index in [1.165, 1.54) is 11.3 Å². The van der Waals surface area contributed by atoms with Gasteiger partial charge in [-0.3, -0.25) is 4.79 Å². The molecule has 2 aromatic heterocycles. The molecule has 0 aliphatic carbocycles. The second-order valence-corrected chi connectivity index (χ2v) is 7.02. The Labute approximate surface area is 127 Å². The maximum atomic E-state index is 12.2. The van der Waals surface area contributed by atoms with Crippen LogP contribution in [0, 0.1) is 6.92 Å². The van der Waals surface area contributed by atoms with Crippen molar-refractivity contribution < 1.29 is 4.79 Å². The third-order valence-corrected chi connectivity index (χ3v) is 5.33. The fraction of sp³-hybridized carbons (Fsp3) is 0.429. The average molecular weight is 309 g/mol. The molecule has 2 aromatic rings. The number of carbonyl (C=O) groups excluding carboxylic acids is 1. The monoisotopic (exact) mass is 309 g/mol. The topological polar surface area (TPSA) is 68.0 Å². The molecular weight excluding hydrogens is 290 g/mol. The van der Waals surface area contributed by atoms with E-state index in [1.807, 2.05) is 19.1 Å². The van der Waals surface area contributed by atoms with Crippen molar-refractivity contribution in [1.82, 2.24) is 10.3 Å². The van der Waals surface area contributed by atoms with Gasteiger partial charge in [-0.25, -0.2) is 4.98 Å². The van der Waals surface area contributed by atoms with E-state index in [0.717, 1.165) is 22.3 Å². The van der Waals surface area contributed by atoms with Gasteiger partial charge in [0.15, 0.2) is 0 Å². The van der Waals surface area contributed by atoms with Crippen molar-refractivity contribution in [2.45, 2.75) is 25.5 Å². The Morgan fingerprint density at radius 1 is 1.55 bits per heavy atom. The van der Waals surface area contributed by atoms with Gasteiger partial charge in [-0.1, -0.05) is 6.92 Å². The van der Waals surface area contributed by atoms with E-state index >= 15 is 0 Å². The zero-order valence-corrected chi connectivity index (χ0v) is 13.5. The first-order valence-electron chi connectivity index (χ1n) is 6.49. The van der Waals surface area contributed by atoms with Crippen molar-refractivity contribution in [1.29, 1.82) is 0 Å². The number of hydrogen-bond acceptors (Lipinski definition) is 5. The van der Waals surface area contributed by atoms with Crippen molar-refractivity contribution in [3.05, 3.63) is 22.7 Å². The van der Waals surface area contributed by atoms with E-state index in [4.69, 9.17) is 5.73 Å². The Bertz CT molecular complexity index is 624. The van der Waals surface area contributed by atoms with Gasteiger partial charge in [-0.2, -0.15) is 11.8 Å². The number of thiophene rings is 1. The molecule has 4 nitrogen and oxygen atoms in total. The zero-order valence-electron chi connectivity index (χ0n) is 11.9. The predicted octanol–water partition coefficient (Wildman–Crippen LogP) is 3.06. The fourth-order valence-corrected chi connectivity index (χ4v) is 3.25. The summed E-state index contributed by atoms with van der Waals surface area (Å²) in [7, 11) is 0. The lowest BCUT2D eigenvalue weighted by Crippen LogP contribution is -2.25. The molecule has 0 radical (unpaired) electrons. The molecule has 0 aliphatic heterocycles. The Morgan fingerprint density at radius 2 is 2.30 bits per heavy atom. The zero-order chi connectivity index (χ0) is 14.7. The van der Waals surface area contributed by atoms with E-state index in [2.05, 4.69) is 23.5 Å². The highest BCUT2D eigenvalue weighted by Crippen LogP contribution is 2.32. The van der Waals surface area contributed by atoms with Crippen LogP contribution in [-0.2, 0) is 0 Å².